The molecular weight excluding hydrogens is 305 g/mol. The van der Waals surface area contributed by atoms with Gasteiger partial charge in [0.05, 0.1) is 13.2 Å². The average Bonchev–Trinajstić information content (AvgIpc) is 2.46. The zero-order valence-corrected chi connectivity index (χ0v) is 13.6. The number of hydrogen-bond acceptors (Lipinski definition) is 6. The average molecular weight is 323 g/mol. The van der Waals surface area contributed by atoms with Gasteiger partial charge in [-0.1, -0.05) is 12.1 Å². The summed E-state index contributed by atoms with van der Waals surface area (Å²) in [6.07, 6.45) is 1.43. The highest BCUT2D eigenvalue weighted by atomic mass is 31.2. The Morgan fingerprint density at radius 2 is 1.77 bits per heavy atom. The van der Waals surface area contributed by atoms with Crippen LogP contribution in [0.3, 0.4) is 0 Å². The maximum atomic E-state index is 12.6. The van der Waals surface area contributed by atoms with E-state index in [0.717, 1.165) is 0 Å². The first-order chi connectivity index (χ1) is 10.4. The lowest BCUT2D eigenvalue weighted by Crippen LogP contribution is -2.01. The molecule has 0 aromatic heterocycles. The van der Waals surface area contributed by atoms with Crippen LogP contribution in [0.5, 0.6) is 5.75 Å². The van der Waals surface area contributed by atoms with E-state index in [4.69, 9.17) is 13.8 Å². The summed E-state index contributed by atoms with van der Waals surface area (Å²) in [7, 11) is -3.61. The minimum atomic E-state index is -3.61. The summed E-state index contributed by atoms with van der Waals surface area (Å²) in [6.45, 7) is 4.99. The van der Waals surface area contributed by atoms with Gasteiger partial charge in [-0.15, -0.1) is 0 Å². The van der Waals surface area contributed by atoms with E-state index in [-0.39, 0.29) is 18.5 Å². The molecule has 7 heteroatoms. The molecule has 0 saturated heterocycles. The quantitative estimate of drug-likeness (QED) is 0.329. The second kappa shape index (κ2) is 8.50. The minimum Gasteiger partial charge on any atom is -0.427 e. The van der Waals surface area contributed by atoms with Crippen LogP contribution in [0.2, 0.25) is 0 Å². The number of hydrogen-bond donors (Lipinski definition) is 0. The zero-order chi connectivity index (χ0) is 16.6. The summed E-state index contributed by atoms with van der Waals surface area (Å²) >= 11 is 0. The van der Waals surface area contributed by atoms with Crippen molar-refractivity contribution in [1.29, 1.82) is 5.26 Å². The molecule has 0 spiro atoms. The molecule has 0 atom stereocenters. The molecule has 6 nitrogen and oxygen atoms in total. The SMILES string of the molecule is CCOP(=O)(OCC)/C(C#N)=C\c1ccc(OC(C)=O)cc1. The third-order valence-electron chi connectivity index (χ3n) is 2.45. The molecule has 0 aliphatic carbocycles. The van der Waals surface area contributed by atoms with Crippen LogP contribution in [0.15, 0.2) is 29.6 Å². The van der Waals surface area contributed by atoms with Crippen molar-refractivity contribution in [2.75, 3.05) is 13.2 Å². The number of carbonyl (C=O) groups is 1. The summed E-state index contributed by atoms with van der Waals surface area (Å²) in [5, 5.41) is 9.16. The van der Waals surface area contributed by atoms with Crippen molar-refractivity contribution in [3.8, 4) is 11.8 Å². The summed E-state index contributed by atoms with van der Waals surface area (Å²) in [4.78, 5) is 10.9. The fraction of sp³-hybridized carbons (Fsp3) is 0.333. The van der Waals surface area contributed by atoms with E-state index in [1.807, 2.05) is 6.07 Å². The lowest BCUT2D eigenvalue weighted by Gasteiger charge is -2.15. The highest BCUT2D eigenvalue weighted by Crippen LogP contribution is 2.56. The molecule has 0 heterocycles. The Balaban J connectivity index is 3.08. The Labute approximate surface area is 129 Å². The summed E-state index contributed by atoms with van der Waals surface area (Å²) in [5.74, 6) is -0.0286. The van der Waals surface area contributed by atoms with Crippen LogP contribution in [0.25, 0.3) is 6.08 Å². The van der Waals surface area contributed by atoms with Gasteiger partial charge in [0.2, 0.25) is 0 Å². The molecule has 0 fully saturated rings. The van der Waals surface area contributed by atoms with Crippen molar-refractivity contribution in [3.05, 3.63) is 35.1 Å². The number of allylic oxidation sites excluding steroid dienone is 1. The van der Waals surface area contributed by atoms with E-state index in [1.165, 1.54) is 13.0 Å². The van der Waals surface area contributed by atoms with Gasteiger partial charge in [0.1, 0.15) is 17.1 Å². The van der Waals surface area contributed by atoms with Gasteiger partial charge in [-0.25, -0.2) is 0 Å². The van der Waals surface area contributed by atoms with Gasteiger partial charge in [0, 0.05) is 6.92 Å². The topological polar surface area (TPSA) is 85.6 Å². The number of nitriles is 1. The van der Waals surface area contributed by atoms with E-state index in [9.17, 15) is 14.6 Å². The predicted octanol–water partition coefficient (Wildman–Crippen LogP) is 3.74. The molecular formula is C15H18NO5P. The first-order valence-electron chi connectivity index (χ1n) is 6.75. The number of benzene rings is 1. The lowest BCUT2D eigenvalue weighted by atomic mass is 10.2. The summed E-state index contributed by atoms with van der Waals surface area (Å²) in [6, 6.07) is 8.30. The van der Waals surface area contributed by atoms with Crippen LogP contribution in [0.1, 0.15) is 26.3 Å². The first-order valence-corrected chi connectivity index (χ1v) is 8.29. The zero-order valence-electron chi connectivity index (χ0n) is 12.7. The molecule has 1 rings (SSSR count). The molecule has 0 N–H and O–H groups in total. The molecule has 0 bridgehead atoms. The van der Waals surface area contributed by atoms with Crippen molar-refractivity contribution in [2.45, 2.75) is 20.8 Å². The van der Waals surface area contributed by atoms with Gasteiger partial charge in [-0.2, -0.15) is 5.26 Å². The second-order valence-electron chi connectivity index (χ2n) is 4.14. The van der Waals surface area contributed by atoms with Gasteiger partial charge >= 0.3 is 13.6 Å². The largest absolute Gasteiger partial charge is 0.427 e. The molecule has 118 valence electrons. The summed E-state index contributed by atoms with van der Waals surface area (Å²) < 4.78 is 27.8. The van der Waals surface area contributed by atoms with E-state index in [2.05, 4.69) is 0 Å². The fourth-order valence-electron chi connectivity index (χ4n) is 1.64. The van der Waals surface area contributed by atoms with Crippen molar-refractivity contribution in [1.82, 2.24) is 0 Å². The van der Waals surface area contributed by atoms with E-state index < -0.39 is 13.6 Å². The van der Waals surface area contributed by atoms with E-state index in [0.29, 0.717) is 11.3 Å². The smallest absolute Gasteiger partial charge is 0.371 e. The molecule has 0 saturated carbocycles. The van der Waals surface area contributed by atoms with E-state index in [1.54, 1.807) is 38.1 Å². The monoisotopic (exact) mass is 323 g/mol. The van der Waals surface area contributed by atoms with Gasteiger partial charge in [-0.3, -0.25) is 9.36 Å². The molecule has 0 radical (unpaired) electrons. The van der Waals surface area contributed by atoms with Crippen molar-refractivity contribution < 1.29 is 23.1 Å². The highest BCUT2D eigenvalue weighted by molar-refractivity contribution is 7.59. The predicted molar refractivity (Wildman–Crippen MR) is 82.2 cm³/mol. The van der Waals surface area contributed by atoms with Gasteiger partial charge < -0.3 is 13.8 Å². The van der Waals surface area contributed by atoms with Gasteiger partial charge in [-0.05, 0) is 37.6 Å². The third kappa shape index (κ3) is 5.12. The molecule has 0 aliphatic rings. The van der Waals surface area contributed by atoms with Gasteiger partial charge in [0.15, 0.2) is 0 Å². The van der Waals surface area contributed by atoms with Crippen LogP contribution >= 0.6 is 7.60 Å². The maximum absolute atomic E-state index is 12.6. The first kappa shape index (κ1) is 18.1. The minimum absolute atomic E-state index is 0.0727. The standard InChI is InChI=1S/C15H18NO5P/c1-4-19-22(18,20-5-2)15(11-16)10-13-6-8-14(9-7-13)21-12(3)17/h6-10H,4-5H2,1-3H3/b15-10-. The Morgan fingerprint density at radius 1 is 1.23 bits per heavy atom. The fourth-order valence-corrected chi connectivity index (χ4v) is 3.11. The number of nitrogens with zero attached hydrogens (tertiary/aromatic N) is 1. The van der Waals surface area contributed by atoms with Crippen molar-refractivity contribution in [3.63, 3.8) is 0 Å². The second-order valence-corrected chi connectivity index (χ2v) is 6.13. The van der Waals surface area contributed by atoms with Crippen LogP contribution in [0.4, 0.5) is 0 Å². The van der Waals surface area contributed by atoms with Crippen LogP contribution < -0.4 is 4.74 Å². The number of rotatable bonds is 7. The Kier molecular flexibility index (Phi) is 7.00. The number of ether oxygens (including phenoxy) is 1. The Bertz CT molecular complexity index is 620. The molecule has 22 heavy (non-hydrogen) atoms. The summed E-state index contributed by atoms with van der Waals surface area (Å²) in [5.41, 5.74) is 0.618. The highest BCUT2D eigenvalue weighted by Gasteiger charge is 2.29. The van der Waals surface area contributed by atoms with Crippen LogP contribution in [-0.4, -0.2) is 19.2 Å². The molecule has 0 amide bonds. The maximum Gasteiger partial charge on any atom is 0.371 e. The van der Waals surface area contributed by atoms with Crippen molar-refractivity contribution in [2.24, 2.45) is 0 Å². The molecule has 0 aliphatic heterocycles. The molecule has 0 unspecified atom stereocenters. The van der Waals surface area contributed by atoms with Crippen LogP contribution in [0, 0.1) is 11.3 Å². The number of carbonyl (C=O) groups excluding carboxylic acids is 1. The normalized spacial score (nSPS) is 11.8. The Morgan fingerprint density at radius 3 is 2.18 bits per heavy atom. The lowest BCUT2D eigenvalue weighted by molar-refractivity contribution is -0.131. The van der Waals surface area contributed by atoms with Crippen LogP contribution in [-0.2, 0) is 18.4 Å². The molecule has 1 aromatic carbocycles. The Hall–Kier alpha value is -1.93. The number of esters is 1. The molecule has 1 aromatic rings. The van der Waals surface area contributed by atoms with E-state index >= 15 is 0 Å². The van der Waals surface area contributed by atoms with Crippen molar-refractivity contribution >= 4 is 19.6 Å². The third-order valence-corrected chi connectivity index (χ3v) is 4.47. The van der Waals surface area contributed by atoms with Gasteiger partial charge in [0.25, 0.3) is 0 Å².